The van der Waals surface area contributed by atoms with Crippen LogP contribution in [0.5, 0.6) is 5.75 Å². The van der Waals surface area contributed by atoms with Gasteiger partial charge in [-0.3, -0.25) is 4.79 Å². The number of ether oxygens (including phenoxy) is 1. The van der Waals surface area contributed by atoms with Gasteiger partial charge in [-0.2, -0.15) is 0 Å². The first-order valence-corrected chi connectivity index (χ1v) is 7.85. The molecule has 1 amide bonds. The lowest BCUT2D eigenvalue weighted by atomic mass is 9.89. The van der Waals surface area contributed by atoms with Gasteiger partial charge in [-0.25, -0.2) is 0 Å². The number of para-hydroxylation sites is 1. The van der Waals surface area contributed by atoms with Gasteiger partial charge in [-0.1, -0.05) is 30.3 Å². The highest BCUT2D eigenvalue weighted by atomic mass is 16.5. The summed E-state index contributed by atoms with van der Waals surface area (Å²) >= 11 is 0. The van der Waals surface area contributed by atoms with E-state index in [-0.39, 0.29) is 11.6 Å². The molecule has 0 bridgehead atoms. The third-order valence-electron chi connectivity index (χ3n) is 4.14. The highest BCUT2D eigenvalue weighted by molar-refractivity contribution is 5.92. The van der Waals surface area contributed by atoms with Gasteiger partial charge in [0.05, 0.1) is 0 Å². The zero-order valence-corrected chi connectivity index (χ0v) is 13.5. The van der Waals surface area contributed by atoms with Gasteiger partial charge in [-0.15, -0.1) is 0 Å². The van der Waals surface area contributed by atoms with E-state index >= 15 is 0 Å². The van der Waals surface area contributed by atoms with Gasteiger partial charge in [0, 0.05) is 30.1 Å². The van der Waals surface area contributed by atoms with Crippen molar-refractivity contribution >= 4 is 5.91 Å². The third-order valence-corrected chi connectivity index (χ3v) is 4.14. The van der Waals surface area contributed by atoms with Gasteiger partial charge in [0.2, 0.25) is 5.91 Å². The Hall–Kier alpha value is -2.33. The van der Waals surface area contributed by atoms with Crippen LogP contribution in [0.2, 0.25) is 0 Å². The number of nitrogens with one attached hydrogen (secondary N) is 1. The van der Waals surface area contributed by atoms with E-state index in [1.165, 1.54) is 5.56 Å². The summed E-state index contributed by atoms with van der Waals surface area (Å²) in [4.78, 5) is 11.3. The molecule has 0 saturated heterocycles. The Morgan fingerprint density at radius 1 is 1.26 bits per heavy atom. The average Bonchev–Trinajstić information content (AvgIpc) is 2.52. The summed E-state index contributed by atoms with van der Waals surface area (Å²) in [5.41, 5.74) is 7.90. The van der Waals surface area contributed by atoms with Crippen molar-refractivity contribution < 1.29 is 9.53 Å². The molecular formula is C19H22N2O2. The molecule has 3 N–H and O–H groups in total. The Morgan fingerprint density at radius 3 is 2.83 bits per heavy atom. The van der Waals surface area contributed by atoms with Gasteiger partial charge < -0.3 is 15.8 Å². The number of fused-ring (bicyclic) bond motifs is 1. The van der Waals surface area contributed by atoms with E-state index in [1.807, 2.05) is 36.4 Å². The Labute approximate surface area is 136 Å². The molecule has 23 heavy (non-hydrogen) atoms. The third kappa shape index (κ3) is 3.54. The van der Waals surface area contributed by atoms with E-state index in [0.29, 0.717) is 12.1 Å². The van der Waals surface area contributed by atoms with Crippen LogP contribution in [0.25, 0.3) is 0 Å². The SMILES string of the molecule is CC1(C)C[C@H](NCc2cccc(C(N)=O)c2)c2ccccc2O1. The van der Waals surface area contributed by atoms with Crippen molar-refractivity contribution in [3.63, 3.8) is 0 Å². The molecule has 1 heterocycles. The first-order chi connectivity index (χ1) is 10.9. The summed E-state index contributed by atoms with van der Waals surface area (Å²) in [7, 11) is 0. The van der Waals surface area contributed by atoms with E-state index < -0.39 is 5.91 Å². The molecule has 3 rings (SSSR count). The van der Waals surface area contributed by atoms with Crippen molar-refractivity contribution in [1.29, 1.82) is 0 Å². The fourth-order valence-electron chi connectivity index (χ4n) is 3.06. The molecule has 1 aliphatic heterocycles. The number of rotatable bonds is 4. The standard InChI is InChI=1S/C19H22N2O2/c1-19(2)11-16(15-8-3-4-9-17(15)23-19)21-12-13-6-5-7-14(10-13)18(20)22/h3-10,16,21H,11-12H2,1-2H3,(H2,20,22)/t16-/m0/s1. The molecule has 120 valence electrons. The lowest BCUT2D eigenvalue weighted by Gasteiger charge is -2.38. The Balaban J connectivity index is 1.78. The summed E-state index contributed by atoms with van der Waals surface area (Å²) < 4.78 is 6.05. The number of carbonyl (C=O) groups excluding carboxylic acids is 1. The summed E-state index contributed by atoms with van der Waals surface area (Å²) in [5.74, 6) is 0.538. The van der Waals surface area contributed by atoms with Crippen LogP contribution in [0.3, 0.4) is 0 Å². The molecular weight excluding hydrogens is 288 g/mol. The van der Waals surface area contributed by atoms with Gasteiger partial charge in [0.25, 0.3) is 0 Å². The van der Waals surface area contributed by atoms with E-state index in [0.717, 1.165) is 17.7 Å². The molecule has 0 fully saturated rings. The molecule has 0 aromatic heterocycles. The van der Waals surface area contributed by atoms with E-state index in [9.17, 15) is 4.79 Å². The van der Waals surface area contributed by atoms with Crippen LogP contribution in [-0.2, 0) is 6.54 Å². The highest BCUT2D eigenvalue weighted by Crippen LogP contribution is 2.39. The van der Waals surface area contributed by atoms with Crippen molar-refractivity contribution in [3.05, 3.63) is 65.2 Å². The van der Waals surface area contributed by atoms with Crippen LogP contribution < -0.4 is 15.8 Å². The lowest BCUT2D eigenvalue weighted by Crippen LogP contribution is -2.39. The number of nitrogens with two attached hydrogens (primary N) is 1. The second-order valence-electron chi connectivity index (χ2n) is 6.60. The van der Waals surface area contributed by atoms with Crippen molar-refractivity contribution in [2.75, 3.05) is 0 Å². The monoisotopic (exact) mass is 310 g/mol. The van der Waals surface area contributed by atoms with Gasteiger partial charge in [0.15, 0.2) is 0 Å². The Kier molecular flexibility index (Phi) is 4.09. The summed E-state index contributed by atoms with van der Waals surface area (Å²) in [6.07, 6.45) is 0.888. The molecule has 1 atom stereocenters. The van der Waals surface area contributed by atoms with Crippen LogP contribution in [0.1, 0.15) is 47.8 Å². The van der Waals surface area contributed by atoms with Crippen LogP contribution >= 0.6 is 0 Å². The van der Waals surface area contributed by atoms with Crippen molar-refractivity contribution in [1.82, 2.24) is 5.32 Å². The molecule has 0 radical (unpaired) electrons. The van der Waals surface area contributed by atoms with Crippen LogP contribution in [-0.4, -0.2) is 11.5 Å². The molecule has 2 aromatic rings. The summed E-state index contributed by atoms with van der Waals surface area (Å²) in [6, 6.07) is 15.8. The lowest BCUT2D eigenvalue weighted by molar-refractivity contribution is 0.0657. The number of carbonyl (C=O) groups is 1. The molecule has 0 aliphatic carbocycles. The van der Waals surface area contributed by atoms with Crippen molar-refractivity contribution in [2.45, 2.75) is 38.5 Å². The quantitative estimate of drug-likeness (QED) is 0.911. The highest BCUT2D eigenvalue weighted by Gasteiger charge is 2.33. The van der Waals surface area contributed by atoms with Gasteiger partial charge in [0.1, 0.15) is 11.4 Å². The van der Waals surface area contributed by atoms with E-state index in [2.05, 4.69) is 25.2 Å². The largest absolute Gasteiger partial charge is 0.487 e. The normalized spacial score (nSPS) is 18.8. The predicted molar refractivity (Wildman–Crippen MR) is 90.3 cm³/mol. The van der Waals surface area contributed by atoms with Gasteiger partial charge in [-0.05, 0) is 37.6 Å². The molecule has 0 unspecified atom stereocenters. The first kappa shape index (κ1) is 15.6. The maximum Gasteiger partial charge on any atom is 0.248 e. The summed E-state index contributed by atoms with van der Waals surface area (Å²) in [6.45, 7) is 4.88. The molecule has 4 nitrogen and oxygen atoms in total. The average molecular weight is 310 g/mol. The Bertz CT molecular complexity index is 725. The smallest absolute Gasteiger partial charge is 0.248 e. The molecule has 1 aliphatic rings. The first-order valence-electron chi connectivity index (χ1n) is 7.85. The zero-order chi connectivity index (χ0) is 16.4. The minimum absolute atomic E-state index is 0.207. The van der Waals surface area contributed by atoms with Crippen molar-refractivity contribution in [3.8, 4) is 5.75 Å². The molecule has 0 saturated carbocycles. The molecule has 4 heteroatoms. The van der Waals surface area contributed by atoms with Crippen LogP contribution in [0.4, 0.5) is 0 Å². The fraction of sp³-hybridized carbons (Fsp3) is 0.316. The maximum absolute atomic E-state index is 11.3. The van der Waals surface area contributed by atoms with Crippen LogP contribution in [0, 0.1) is 0 Å². The minimum atomic E-state index is -0.399. The van der Waals surface area contributed by atoms with E-state index in [4.69, 9.17) is 10.5 Å². The minimum Gasteiger partial charge on any atom is -0.487 e. The maximum atomic E-state index is 11.3. The second-order valence-corrected chi connectivity index (χ2v) is 6.60. The van der Waals surface area contributed by atoms with Gasteiger partial charge >= 0.3 is 0 Å². The Morgan fingerprint density at radius 2 is 2.04 bits per heavy atom. The molecule has 2 aromatic carbocycles. The van der Waals surface area contributed by atoms with Crippen molar-refractivity contribution in [2.24, 2.45) is 5.73 Å². The zero-order valence-electron chi connectivity index (χ0n) is 13.5. The van der Waals surface area contributed by atoms with E-state index in [1.54, 1.807) is 6.07 Å². The number of hydrogen-bond acceptors (Lipinski definition) is 3. The second kappa shape index (κ2) is 6.05. The number of primary amides is 1. The van der Waals surface area contributed by atoms with Crippen LogP contribution in [0.15, 0.2) is 48.5 Å². The number of benzene rings is 2. The molecule has 0 spiro atoms. The topological polar surface area (TPSA) is 64.3 Å². The summed E-state index contributed by atoms with van der Waals surface area (Å²) in [5, 5.41) is 3.58. The predicted octanol–water partition coefficient (Wildman–Crippen LogP) is 3.18. The number of hydrogen-bond donors (Lipinski definition) is 2. The fourth-order valence-corrected chi connectivity index (χ4v) is 3.06. The number of amides is 1.